The van der Waals surface area contributed by atoms with Gasteiger partial charge in [0.25, 0.3) is 0 Å². The van der Waals surface area contributed by atoms with Crippen molar-refractivity contribution in [1.82, 2.24) is 15.2 Å². The van der Waals surface area contributed by atoms with Crippen LogP contribution < -0.4 is 11.3 Å². The molecule has 0 aromatic carbocycles. The molecule has 0 saturated carbocycles. The summed E-state index contributed by atoms with van der Waals surface area (Å²) in [6.07, 6.45) is 3.15. The minimum Gasteiger partial charge on any atom is -0.496 e. The van der Waals surface area contributed by atoms with Gasteiger partial charge in [0, 0.05) is 32.1 Å². The number of hydrogen-bond donors (Lipinski definition) is 2. The van der Waals surface area contributed by atoms with Crippen molar-refractivity contribution in [3.63, 3.8) is 0 Å². The molecule has 5 heteroatoms. The third-order valence-corrected chi connectivity index (χ3v) is 3.50. The van der Waals surface area contributed by atoms with Crippen LogP contribution in [0.25, 0.3) is 0 Å². The second-order valence-electron chi connectivity index (χ2n) is 4.70. The molecular formula is C11H22N4O. The molecule has 0 aromatic rings. The summed E-state index contributed by atoms with van der Waals surface area (Å²) in [6.45, 7) is 4.00. The number of hydrazine groups is 1. The van der Waals surface area contributed by atoms with Gasteiger partial charge in [-0.15, -0.1) is 0 Å². The van der Waals surface area contributed by atoms with Gasteiger partial charge in [0.05, 0.1) is 12.6 Å². The molecule has 2 unspecified atom stereocenters. The Morgan fingerprint density at radius 2 is 2.31 bits per heavy atom. The summed E-state index contributed by atoms with van der Waals surface area (Å²) in [5.74, 6) is 6.68. The smallest absolute Gasteiger partial charge is 0.112 e. The zero-order valence-corrected chi connectivity index (χ0v) is 10.1. The van der Waals surface area contributed by atoms with E-state index in [4.69, 9.17) is 10.6 Å². The van der Waals surface area contributed by atoms with Crippen LogP contribution in [0.5, 0.6) is 0 Å². The molecule has 2 rings (SSSR count). The Morgan fingerprint density at radius 3 is 2.94 bits per heavy atom. The number of likely N-dealkylation sites (N-methyl/N-ethyl adjacent to an activating group) is 2. The Balaban J connectivity index is 2.06. The molecule has 3 N–H and O–H groups in total. The van der Waals surface area contributed by atoms with Gasteiger partial charge < -0.3 is 9.64 Å². The number of hydrogen-bond acceptors (Lipinski definition) is 5. The highest BCUT2D eigenvalue weighted by atomic mass is 16.5. The number of nitrogens with one attached hydrogen (secondary N) is 1. The molecular weight excluding hydrogens is 204 g/mol. The van der Waals surface area contributed by atoms with Crippen molar-refractivity contribution >= 4 is 0 Å². The number of rotatable bonds is 3. The molecule has 0 radical (unpaired) electrons. The summed E-state index contributed by atoms with van der Waals surface area (Å²) in [5.41, 5.74) is 2.90. The SMILES string of the molecule is CN1CCN(C)C(C(NN)C2=CCCO2)C1. The molecule has 2 heterocycles. The minimum absolute atomic E-state index is 0.107. The topological polar surface area (TPSA) is 53.8 Å². The van der Waals surface area contributed by atoms with Crippen LogP contribution in [0.4, 0.5) is 0 Å². The lowest BCUT2D eigenvalue weighted by Crippen LogP contribution is -2.60. The maximum absolute atomic E-state index is 5.68. The Labute approximate surface area is 97.2 Å². The average molecular weight is 226 g/mol. The molecule has 1 saturated heterocycles. The first-order chi connectivity index (χ1) is 7.72. The monoisotopic (exact) mass is 226 g/mol. The van der Waals surface area contributed by atoms with E-state index in [9.17, 15) is 0 Å². The second kappa shape index (κ2) is 5.14. The van der Waals surface area contributed by atoms with Crippen LogP contribution in [-0.2, 0) is 4.74 Å². The molecule has 0 spiro atoms. The number of nitrogens with zero attached hydrogens (tertiary/aromatic N) is 2. The summed E-state index contributed by atoms with van der Waals surface area (Å²) in [7, 11) is 4.30. The van der Waals surface area contributed by atoms with Gasteiger partial charge in [0.1, 0.15) is 5.76 Å². The second-order valence-corrected chi connectivity index (χ2v) is 4.70. The maximum Gasteiger partial charge on any atom is 0.112 e. The van der Waals surface area contributed by atoms with Gasteiger partial charge in [-0.3, -0.25) is 10.7 Å². The van der Waals surface area contributed by atoms with E-state index in [-0.39, 0.29) is 6.04 Å². The van der Waals surface area contributed by atoms with E-state index in [0.717, 1.165) is 38.4 Å². The van der Waals surface area contributed by atoms with Gasteiger partial charge in [-0.1, -0.05) is 0 Å². The summed E-state index contributed by atoms with van der Waals surface area (Å²) < 4.78 is 5.62. The molecule has 16 heavy (non-hydrogen) atoms. The number of piperazine rings is 1. The van der Waals surface area contributed by atoms with E-state index >= 15 is 0 Å². The van der Waals surface area contributed by atoms with Crippen molar-refractivity contribution in [2.24, 2.45) is 5.84 Å². The molecule has 5 nitrogen and oxygen atoms in total. The molecule has 1 fully saturated rings. The van der Waals surface area contributed by atoms with E-state index in [2.05, 4.69) is 35.4 Å². The van der Waals surface area contributed by atoms with Crippen LogP contribution >= 0.6 is 0 Å². The molecule has 0 bridgehead atoms. The fraction of sp³-hybridized carbons (Fsp3) is 0.818. The van der Waals surface area contributed by atoms with Gasteiger partial charge in [-0.2, -0.15) is 0 Å². The quantitative estimate of drug-likeness (QED) is 0.496. The third-order valence-electron chi connectivity index (χ3n) is 3.50. The Bertz CT molecular complexity index is 269. The zero-order valence-electron chi connectivity index (χ0n) is 10.1. The maximum atomic E-state index is 5.68. The average Bonchev–Trinajstić information content (AvgIpc) is 2.78. The predicted molar refractivity (Wildman–Crippen MR) is 63.7 cm³/mol. The molecule has 2 atom stereocenters. The van der Waals surface area contributed by atoms with Crippen LogP contribution in [0, 0.1) is 0 Å². The van der Waals surface area contributed by atoms with Gasteiger partial charge in [0.2, 0.25) is 0 Å². The summed E-state index contributed by atoms with van der Waals surface area (Å²) in [4.78, 5) is 4.69. The predicted octanol–water partition coefficient (Wildman–Crippen LogP) is -0.632. The van der Waals surface area contributed by atoms with E-state index in [1.165, 1.54) is 0 Å². The molecule has 2 aliphatic rings. The van der Waals surface area contributed by atoms with Crippen molar-refractivity contribution in [3.8, 4) is 0 Å². The van der Waals surface area contributed by atoms with Gasteiger partial charge in [0.15, 0.2) is 0 Å². The van der Waals surface area contributed by atoms with Crippen molar-refractivity contribution < 1.29 is 4.74 Å². The van der Waals surface area contributed by atoms with E-state index in [1.54, 1.807) is 0 Å². The van der Waals surface area contributed by atoms with Crippen molar-refractivity contribution in [2.45, 2.75) is 18.5 Å². The van der Waals surface area contributed by atoms with Crippen molar-refractivity contribution in [2.75, 3.05) is 40.3 Å². The van der Waals surface area contributed by atoms with E-state index in [0.29, 0.717) is 6.04 Å². The molecule has 0 aromatic heterocycles. The zero-order chi connectivity index (χ0) is 11.5. The first kappa shape index (κ1) is 11.9. The standard InChI is InChI=1S/C11H22N4O/c1-14-5-6-15(2)9(8-14)11(13-12)10-4-3-7-16-10/h4,9,11,13H,3,5-8,12H2,1-2H3. The van der Waals surface area contributed by atoms with Crippen LogP contribution in [0.2, 0.25) is 0 Å². The van der Waals surface area contributed by atoms with Crippen LogP contribution in [0.3, 0.4) is 0 Å². The van der Waals surface area contributed by atoms with Crippen LogP contribution in [0.1, 0.15) is 6.42 Å². The normalized spacial score (nSPS) is 29.9. The molecule has 0 aliphatic carbocycles. The summed E-state index contributed by atoms with van der Waals surface area (Å²) in [5, 5.41) is 0. The Hall–Kier alpha value is -0.620. The summed E-state index contributed by atoms with van der Waals surface area (Å²) >= 11 is 0. The van der Waals surface area contributed by atoms with Gasteiger partial charge in [-0.05, 0) is 20.2 Å². The lowest BCUT2D eigenvalue weighted by Gasteiger charge is -2.41. The first-order valence-electron chi connectivity index (χ1n) is 5.90. The van der Waals surface area contributed by atoms with Crippen molar-refractivity contribution in [1.29, 1.82) is 0 Å². The van der Waals surface area contributed by atoms with Crippen molar-refractivity contribution in [3.05, 3.63) is 11.8 Å². The highest BCUT2D eigenvalue weighted by Crippen LogP contribution is 2.20. The lowest BCUT2D eigenvalue weighted by atomic mass is 10.0. The highest BCUT2D eigenvalue weighted by Gasteiger charge is 2.33. The lowest BCUT2D eigenvalue weighted by molar-refractivity contribution is 0.0776. The fourth-order valence-electron chi connectivity index (χ4n) is 2.44. The fourth-order valence-corrected chi connectivity index (χ4v) is 2.44. The highest BCUT2D eigenvalue weighted by molar-refractivity contribution is 5.11. The van der Waals surface area contributed by atoms with E-state index < -0.39 is 0 Å². The Kier molecular flexibility index (Phi) is 3.81. The number of ether oxygens (including phenoxy) is 1. The van der Waals surface area contributed by atoms with E-state index in [1.807, 2.05) is 0 Å². The largest absolute Gasteiger partial charge is 0.496 e. The Morgan fingerprint density at radius 1 is 1.50 bits per heavy atom. The minimum atomic E-state index is 0.107. The third kappa shape index (κ3) is 2.38. The molecule has 0 amide bonds. The number of nitrogens with two attached hydrogens (primary N) is 1. The van der Waals surface area contributed by atoms with Crippen LogP contribution in [0.15, 0.2) is 11.8 Å². The van der Waals surface area contributed by atoms with Gasteiger partial charge >= 0.3 is 0 Å². The van der Waals surface area contributed by atoms with Crippen LogP contribution in [-0.4, -0.2) is 62.2 Å². The summed E-state index contributed by atoms with van der Waals surface area (Å²) in [6, 6.07) is 0.489. The molecule has 2 aliphatic heterocycles. The first-order valence-corrected chi connectivity index (χ1v) is 5.90. The van der Waals surface area contributed by atoms with Gasteiger partial charge in [-0.25, -0.2) is 5.43 Å². The molecule has 92 valence electrons.